The zero-order valence-electron chi connectivity index (χ0n) is 12.5. The number of aryl methyl sites for hydroxylation is 2. The number of carbonyl (C=O) groups is 1. The van der Waals surface area contributed by atoms with Crippen LogP contribution in [-0.2, 0) is 0 Å². The summed E-state index contributed by atoms with van der Waals surface area (Å²) in [5, 5.41) is 8.81. The Morgan fingerprint density at radius 3 is 2.76 bits per heavy atom. The molecule has 1 aliphatic rings. The molecule has 1 unspecified atom stereocenters. The van der Waals surface area contributed by atoms with Crippen molar-refractivity contribution in [1.29, 1.82) is 0 Å². The molecule has 1 heterocycles. The molecule has 1 aliphatic carbocycles. The highest BCUT2D eigenvalue weighted by Gasteiger charge is 2.28. The molecular formula is C16H19N3OS. The van der Waals surface area contributed by atoms with Gasteiger partial charge in [-0.05, 0) is 50.8 Å². The predicted octanol–water partition coefficient (Wildman–Crippen LogP) is 3.59. The molecule has 0 radical (unpaired) electrons. The van der Waals surface area contributed by atoms with Crippen molar-refractivity contribution in [3.8, 4) is 0 Å². The third-order valence-electron chi connectivity index (χ3n) is 3.92. The highest BCUT2D eigenvalue weighted by atomic mass is 32.2. The highest BCUT2D eigenvalue weighted by Crippen LogP contribution is 2.38. The third kappa shape index (κ3) is 3.02. The van der Waals surface area contributed by atoms with E-state index in [0.717, 1.165) is 16.3 Å². The van der Waals surface area contributed by atoms with Crippen molar-refractivity contribution in [2.45, 2.75) is 50.1 Å². The summed E-state index contributed by atoms with van der Waals surface area (Å²) < 4.78 is 2.09. The Hall–Kier alpha value is -1.62. The molecule has 0 spiro atoms. The molecule has 110 valence electrons. The summed E-state index contributed by atoms with van der Waals surface area (Å²) in [4.78, 5) is 12.6. The average Bonchev–Trinajstić information content (AvgIpc) is 3.21. The maximum atomic E-state index is 12.6. The molecule has 0 N–H and O–H groups in total. The second kappa shape index (κ2) is 5.64. The van der Waals surface area contributed by atoms with Gasteiger partial charge in [-0.3, -0.25) is 4.79 Å². The first kappa shape index (κ1) is 14.3. The standard InChI is InChI=1S/C16H19N3OS/c1-10-4-5-13(8-11(10)2)15(20)12(3)21-16-18-17-9-19(16)14-6-7-14/h4-5,8-9,12,14H,6-7H2,1-3H3. The van der Waals surface area contributed by atoms with Crippen LogP contribution in [0.25, 0.3) is 0 Å². The molecule has 4 nitrogen and oxygen atoms in total. The number of benzene rings is 1. The fourth-order valence-electron chi connectivity index (χ4n) is 2.26. The summed E-state index contributed by atoms with van der Waals surface area (Å²) in [7, 11) is 0. The van der Waals surface area contributed by atoms with Gasteiger partial charge in [0.1, 0.15) is 6.33 Å². The second-order valence-electron chi connectivity index (χ2n) is 5.68. The van der Waals surface area contributed by atoms with Gasteiger partial charge in [0.25, 0.3) is 0 Å². The van der Waals surface area contributed by atoms with Crippen molar-refractivity contribution >= 4 is 17.5 Å². The maximum Gasteiger partial charge on any atom is 0.191 e. The first-order chi connectivity index (χ1) is 10.1. The summed E-state index contributed by atoms with van der Waals surface area (Å²) in [5.41, 5.74) is 3.13. The van der Waals surface area contributed by atoms with Crippen molar-refractivity contribution < 1.29 is 4.79 Å². The Morgan fingerprint density at radius 2 is 2.10 bits per heavy atom. The summed E-state index contributed by atoms with van der Waals surface area (Å²) in [5.74, 6) is 0.147. The van der Waals surface area contributed by atoms with Crippen LogP contribution in [0.2, 0.25) is 0 Å². The minimum Gasteiger partial charge on any atom is -0.306 e. The van der Waals surface area contributed by atoms with Gasteiger partial charge in [0.15, 0.2) is 10.9 Å². The second-order valence-corrected chi connectivity index (χ2v) is 6.98. The normalized spacial score (nSPS) is 16.0. The molecule has 0 amide bonds. The molecule has 1 aromatic heterocycles. The van der Waals surface area contributed by atoms with E-state index in [1.807, 2.05) is 32.0 Å². The minimum atomic E-state index is -0.159. The van der Waals surface area contributed by atoms with Gasteiger partial charge < -0.3 is 4.57 Å². The van der Waals surface area contributed by atoms with E-state index in [1.54, 1.807) is 6.33 Å². The van der Waals surface area contributed by atoms with Crippen LogP contribution < -0.4 is 0 Å². The first-order valence-electron chi connectivity index (χ1n) is 7.24. The van der Waals surface area contributed by atoms with E-state index in [4.69, 9.17) is 0 Å². The van der Waals surface area contributed by atoms with Crippen LogP contribution in [0, 0.1) is 13.8 Å². The molecule has 3 rings (SSSR count). The monoisotopic (exact) mass is 301 g/mol. The number of hydrogen-bond donors (Lipinski definition) is 0. The van der Waals surface area contributed by atoms with Crippen molar-refractivity contribution in [2.75, 3.05) is 0 Å². The van der Waals surface area contributed by atoms with Gasteiger partial charge >= 0.3 is 0 Å². The lowest BCUT2D eigenvalue weighted by molar-refractivity contribution is 0.0993. The molecule has 21 heavy (non-hydrogen) atoms. The maximum absolute atomic E-state index is 12.6. The van der Waals surface area contributed by atoms with Gasteiger partial charge in [-0.2, -0.15) is 0 Å². The largest absolute Gasteiger partial charge is 0.306 e. The van der Waals surface area contributed by atoms with E-state index >= 15 is 0 Å². The quantitative estimate of drug-likeness (QED) is 0.625. The number of ketones is 1. The highest BCUT2D eigenvalue weighted by molar-refractivity contribution is 8.00. The Labute approximate surface area is 129 Å². The Balaban J connectivity index is 1.74. The van der Waals surface area contributed by atoms with Crippen molar-refractivity contribution in [3.05, 3.63) is 41.2 Å². The molecular weight excluding hydrogens is 282 g/mol. The number of thioether (sulfide) groups is 1. The number of hydrogen-bond acceptors (Lipinski definition) is 4. The van der Waals surface area contributed by atoms with Crippen LogP contribution in [0.4, 0.5) is 0 Å². The van der Waals surface area contributed by atoms with Crippen molar-refractivity contribution in [1.82, 2.24) is 14.8 Å². The topological polar surface area (TPSA) is 47.8 Å². The van der Waals surface area contributed by atoms with Crippen LogP contribution in [-0.4, -0.2) is 25.8 Å². The number of nitrogens with zero attached hydrogens (tertiary/aromatic N) is 3. The van der Waals surface area contributed by atoms with Gasteiger partial charge in [-0.25, -0.2) is 0 Å². The number of rotatable bonds is 5. The summed E-state index contributed by atoms with van der Waals surface area (Å²) in [6, 6.07) is 6.42. The average molecular weight is 301 g/mol. The Bertz CT molecular complexity index is 676. The van der Waals surface area contributed by atoms with Crippen LogP contribution in [0.3, 0.4) is 0 Å². The van der Waals surface area contributed by atoms with Gasteiger partial charge in [0, 0.05) is 11.6 Å². The van der Waals surface area contributed by atoms with Crippen molar-refractivity contribution in [3.63, 3.8) is 0 Å². The molecule has 0 bridgehead atoms. The van der Waals surface area contributed by atoms with Crippen LogP contribution in [0.5, 0.6) is 0 Å². The Morgan fingerprint density at radius 1 is 1.33 bits per heavy atom. The van der Waals surface area contributed by atoms with E-state index in [1.165, 1.54) is 30.2 Å². The predicted molar refractivity (Wildman–Crippen MR) is 83.9 cm³/mol. The van der Waals surface area contributed by atoms with E-state index in [0.29, 0.717) is 6.04 Å². The lowest BCUT2D eigenvalue weighted by Gasteiger charge is -2.11. The van der Waals surface area contributed by atoms with E-state index in [2.05, 4.69) is 21.7 Å². The van der Waals surface area contributed by atoms with Crippen LogP contribution in [0.1, 0.15) is 47.3 Å². The van der Waals surface area contributed by atoms with Crippen LogP contribution >= 0.6 is 11.8 Å². The molecule has 1 aromatic carbocycles. The summed E-state index contributed by atoms with van der Waals surface area (Å²) in [6.07, 6.45) is 4.14. The molecule has 1 saturated carbocycles. The number of aromatic nitrogens is 3. The molecule has 0 saturated heterocycles. The zero-order chi connectivity index (χ0) is 15.0. The molecule has 0 aliphatic heterocycles. The first-order valence-corrected chi connectivity index (χ1v) is 8.12. The molecule has 2 aromatic rings. The molecule has 5 heteroatoms. The summed E-state index contributed by atoms with van der Waals surface area (Å²) >= 11 is 1.50. The SMILES string of the molecule is Cc1ccc(C(=O)C(C)Sc2nncn2C2CC2)cc1C. The van der Waals surface area contributed by atoms with E-state index < -0.39 is 0 Å². The van der Waals surface area contributed by atoms with Crippen LogP contribution in [0.15, 0.2) is 29.7 Å². The fraction of sp³-hybridized carbons (Fsp3) is 0.438. The number of Topliss-reactive ketones (excluding diaryl/α,β-unsaturated/α-hetero) is 1. The lowest BCUT2D eigenvalue weighted by atomic mass is 10.0. The minimum absolute atomic E-state index is 0.147. The van der Waals surface area contributed by atoms with Gasteiger partial charge in [0.2, 0.25) is 0 Å². The van der Waals surface area contributed by atoms with E-state index in [9.17, 15) is 4.79 Å². The summed E-state index contributed by atoms with van der Waals surface area (Å²) in [6.45, 7) is 6.03. The van der Waals surface area contributed by atoms with Gasteiger partial charge in [-0.1, -0.05) is 23.9 Å². The number of carbonyl (C=O) groups excluding carboxylic acids is 1. The van der Waals surface area contributed by atoms with Gasteiger partial charge in [-0.15, -0.1) is 10.2 Å². The van der Waals surface area contributed by atoms with E-state index in [-0.39, 0.29) is 11.0 Å². The van der Waals surface area contributed by atoms with Crippen molar-refractivity contribution in [2.24, 2.45) is 0 Å². The Kier molecular flexibility index (Phi) is 3.85. The zero-order valence-corrected chi connectivity index (χ0v) is 13.4. The third-order valence-corrected chi connectivity index (χ3v) is 4.99. The molecule has 1 fully saturated rings. The smallest absolute Gasteiger partial charge is 0.191 e. The lowest BCUT2D eigenvalue weighted by Crippen LogP contribution is -2.15. The molecule has 1 atom stereocenters. The van der Waals surface area contributed by atoms with Gasteiger partial charge in [0.05, 0.1) is 5.25 Å². The fourth-order valence-corrected chi connectivity index (χ4v) is 3.23.